The average molecular weight is 196 g/mol. The van der Waals surface area contributed by atoms with Gasteiger partial charge in [0.05, 0.1) is 10.7 Å². The van der Waals surface area contributed by atoms with Crippen LogP contribution in [0.25, 0.3) is 0 Å². The van der Waals surface area contributed by atoms with Gasteiger partial charge in [0.1, 0.15) is 4.88 Å². The van der Waals surface area contributed by atoms with E-state index in [4.69, 9.17) is 0 Å². The molecule has 1 heterocycles. The van der Waals surface area contributed by atoms with Crippen molar-refractivity contribution in [3.8, 4) is 0 Å². The van der Waals surface area contributed by atoms with E-state index >= 15 is 0 Å². The zero-order valence-corrected chi connectivity index (χ0v) is 8.57. The highest BCUT2D eigenvalue weighted by Crippen LogP contribution is 2.22. The van der Waals surface area contributed by atoms with E-state index in [2.05, 4.69) is 10.3 Å². The molecule has 70 valence electrons. The lowest BCUT2D eigenvalue weighted by atomic mass is 10.4. The van der Waals surface area contributed by atoms with E-state index in [1.165, 1.54) is 11.3 Å². The molecular formula is C9H12N2OS. The van der Waals surface area contributed by atoms with E-state index in [-0.39, 0.29) is 5.91 Å². The summed E-state index contributed by atoms with van der Waals surface area (Å²) in [5, 5.41) is 3.91. The fourth-order valence-electron chi connectivity index (χ4n) is 1.22. The maximum Gasteiger partial charge on any atom is 0.263 e. The third kappa shape index (κ3) is 1.88. The number of nitrogens with zero attached hydrogens (tertiary/aromatic N) is 1. The van der Waals surface area contributed by atoms with Crippen LogP contribution in [0.1, 0.15) is 33.2 Å². The van der Waals surface area contributed by atoms with Crippen LogP contribution in [0.4, 0.5) is 0 Å². The van der Waals surface area contributed by atoms with E-state index in [0.717, 1.165) is 28.4 Å². The normalized spacial score (nSPS) is 15.8. The summed E-state index contributed by atoms with van der Waals surface area (Å²) in [6.45, 7) is 3.80. The van der Waals surface area contributed by atoms with Gasteiger partial charge in [-0.25, -0.2) is 4.98 Å². The van der Waals surface area contributed by atoms with Crippen LogP contribution in [0.2, 0.25) is 0 Å². The highest BCUT2D eigenvalue weighted by molar-refractivity contribution is 7.13. The van der Waals surface area contributed by atoms with Crippen LogP contribution in [-0.2, 0) is 0 Å². The minimum Gasteiger partial charge on any atom is -0.349 e. The summed E-state index contributed by atoms with van der Waals surface area (Å²) in [5.74, 6) is 0.0469. The molecule has 0 atom stereocenters. The second-order valence-corrected chi connectivity index (χ2v) is 4.60. The van der Waals surface area contributed by atoms with Gasteiger partial charge in [-0.15, -0.1) is 11.3 Å². The molecule has 1 aromatic heterocycles. The number of carbonyl (C=O) groups is 1. The van der Waals surface area contributed by atoms with Crippen LogP contribution < -0.4 is 5.32 Å². The van der Waals surface area contributed by atoms with E-state index in [9.17, 15) is 4.79 Å². The topological polar surface area (TPSA) is 42.0 Å². The third-order valence-corrected chi connectivity index (χ3v) is 3.09. The maximum atomic E-state index is 11.6. The lowest BCUT2D eigenvalue weighted by Crippen LogP contribution is -2.25. The van der Waals surface area contributed by atoms with Crippen LogP contribution in [0, 0.1) is 13.8 Å². The quantitative estimate of drug-likeness (QED) is 0.781. The second kappa shape index (κ2) is 3.10. The molecule has 0 saturated heterocycles. The van der Waals surface area contributed by atoms with Crippen LogP contribution in [-0.4, -0.2) is 16.9 Å². The molecule has 1 saturated carbocycles. The molecule has 1 aliphatic rings. The Morgan fingerprint density at radius 3 is 2.69 bits per heavy atom. The van der Waals surface area contributed by atoms with Crippen molar-refractivity contribution in [2.24, 2.45) is 0 Å². The predicted octanol–water partition coefficient (Wildman–Crippen LogP) is 1.65. The molecule has 0 aliphatic heterocycles. The number of hydrogen-bond acceptors (Lipinski definition) is 3. The number of rotatable bonds is 2. The van der Waals surface area contributed by atoms with Gasteiger partial charge >= 0.3 is 0 Å². The number of aromatic nitrogens is 1. The summed E-state index contributed by atoms with van der Waals surface area (Å²) in [7, 11) is 0. The van der Waals surface area contributed by atoms with Gasteiger partial charge in [0.15, 0.2) is 0 Å². The summed E-state index contributed by atoms with van der Waals surface area (Å²) < 4.78 is 0. The summed E-state index contributed by atoms with van der Waals surface area (Å²) in [5.41, 5.74) is 0.848. The van der Waals surface area contributed by atoms with Gasteiger partial charge in [-0.05, 0) is 26.7 Å². The molecule has 0 bridgehead atoms. The standard InChI is InChI=1S/C9H12N2OS/c1-5-8(13-6(2)10-5)9(12)11-7-3-4-7/h7H,3-4H2,1-2H3,(H,11,12). The number of aryl methyl sites for hydroxylation is 2. The summed E-state index contributed by atoms with van der Waals surface area (Å²) in [6.07, 6.45) is 2.26. The lowest BCUT2D eigenvalue weighted by molar-refractivity contribution is 0.0954. The molecule has 3 nitrogen and oxygen atoms in total. The molecule has 0 spiro atoms. The van der Waals surface area contributed by atoms with Crippen molar-refractivity contribution in [1.29, 1.82) is 0 Å². The first-order valence-electron chi connectivity index (χ1n) is 4.41. The SMILES string of the molecule is Cc1nc(C)c(C(=O)NC2CC2)s1. The van der Waals surface area contributed by atoms with Crippen molar-refractivity contribution in [2.75, 3.05) is 0 Å². The molecule has 13 heavy (non-hydrogen) atoms. The fraction of sp³-hybridized carbons (Fsp3) is 0.556. The molecule has 4 heteroatoms. The van der Waals surface area contributed by atoms with Crippen molar-refractivity contribution >= 4 is 17.2 Å². The van der Waals surface area contributed by atoms with Crippen LogP contribution in [0.3, 0.4) is 0 Å². The first-order chi connectivity index (χ1) is 6.16. The molecule has 0 aromatic carbocycles. The first-order valence-corrected chi connectivity index (χ1v) is 5.23. The predicted molar refractivity (Wildman–Crippen MR) is 52.1 cm³/mol. The number of hydrogen-bond donors (Lipinski definition) is 1. The molecule has 0 radical (unpaired) electrons. The third-order valence-electron chi connectivity index (χ3n) is 2.02. The van der Waals surface area contributed by atoms with E-state index in [0.29, 0.717) is 6.04 Å². The van der Waals surface area contributed by atoms with Crippen LogP contribution in [0.15, 0.2) is 0 Å². The Hall–Kier alpha value is -0.900. The van der Waals surface area contributed by atoms with Crippen LogP contribution >= 0.6 is 11.3 Å². The Kier molecular flexibility index (Phi) is 2.07. The van der Waals surface area contributed by atoms with E-state index < -0.39 is 0 Å². The molecule has 1 amide bonds. The Labute approximate surface area is 81.2 Å². The Morgan fingerprint density at radius 1 is 1.54 bits per heavy atom. The summed E-state index contributed by atoms with van der Waals surface area (Å²) >= 11 is 1.47. The second-order valence-electron chi connectivity index (χ2n) is 3.40. The average Bonchev–Trinajstić information content (AvgIpc) is 2.77. The fourth-order valence-corrected chi connectivity index (χ4v) is 2.04. The highest BCUT2D eigenvalue weighted by Gasteiger charge is 2.25. The Balaban J connectivity index is 2.13. The zero-order chi connectivity index (χ0) is 9.42. The minimum absolute atomic E-state index is 0.0469. The Bertz CT molecular complexity index is 341. The van der Waals surface area contributed by atoms with Gasteiger partial charge in [-0.1, -0.05) is 0 Å². The van der Waals surface area contributed by atoms with E-state index in [1.807, 2.05) is 13.8 Å². The molecule has 1 fully saturated rings. The largest absolute Gasteiger partial charge is 0.349 e. The van der Waals surface area contributed by atoms with Gasteiger partial charge in [0, 0.05) is 6.04 Å². The highest BCUT2D eigenvalue weighted by atomic mass is 32.1. The molecular weight excluding hydrogens is 184 g/mol. The number of nitrogens with one attached hydrogen (secondary N) is 1. The zero-order valence-electron chi connectivity index (χ0n) is 7.76. The first kappa shape index (κ1) is 8.69. The van der Waals surface area contributed by atoms with Gasteiger partial charge in [0.25, 0.3) is 5.91 Å². The monoisotopic (exact) mass is 196 g/mol. The minimum atomic E-state index is 0.0469. The van der Waals surface area contributed by atoms with Crippen molar-refractivity contribution in [3.05, 3.63) is 15.6 Å². The van der Waals surface area contributed by atoms with Crippen molar-refractivity contribution in [3.63, 3.8) is 0 Å². The maximum absolute atomic E-state index is 11.6. The van der Waals surface area contributed by atoms with Gasteiger partial charge in [-0.3, -0.25) is 4.79 Å². The van der Waals surface area contributed by atoms with Crippen molar-refractivity contribution in [1.82, 2.24) is 10.3 Å². The lowest BCUT2D eigenvalue weighted by Gasteiger charge is -1.99. The van der Waals surface area contributed by atoms with Gasteiger partial charge in [0.2, 0.25) is 0 Å². The summed E-state index contributed by atoms with van der Waals surface area (Å²) in [6, 6.07) is 0.425. The molecule has 0 unspecified atom stereocenters. The summed E-state index contributed by atoms with van der Waals surface area (Å²) in [4.78, 5) is 16.6. The number of thiazole rings is 1. The molecule has 1 N–H and O–H groups in total. The van der Waals surface area contributed by atoms with Crippen molar-refractivity contribution in [2.45, 2.75) is 32.7 Å². The van der Waals surface area contributed by atoms with Gasteiger partial charge < -0.3 is 5.32 Å². The number of amides is 1. The van der Waals surface area contributed by atoms with Crippen molar-refractivity contribution < 1.29 is 4.79 Å². The molecule has 1 aliphatic carbocycles. The van der Waals surface area contributed by atoms with E-state index in [1.54, 1.807) is 0 Å². The Morgan fingerprint density at radius 2 is 2.23 bits per heavy atom. The smallest absolute Gasteiger partial charge is 0.263 e. The molecule has 1 aromatic rings. The molecule has 2 rings (SSSR count). The van der Waals surface area contributed by atoms with Crippen LogP contribution in [0.5, 0.6) is 0 Å². The van der Waals surface area contributed by atoms with Gasteiger partial charge in [-0.2, -0.15) is 0 Å². The number of carbonyl (C=O) groups excluding carboxylic acids is 1.